The van der Waals surface area contributed by atoms with Crippen LogP contribution in [-0.2, 0) is 4.74 Å². The lowest BCUT2D eigenvalue weighted by Crippen LogP contribution is -2.66. The summed E-state index contributed by atoms with van der Waals surface area (Å²) in [6.07, 6.45) is 0. The van der Waals surface area contributed by atoms with E-state index in [2.05, 4.69) is 10.3 Å². The van der Waals surface area contributed by atoms with E-state index in [4.69, 9.17) is 10.5 Å². The SMILES string of the molecule is Cc1cc2cc(C(=O)NC3(CN)COC3)[nH]c2c(F)c1C. The van der Waals surface area contributed by atoms with Crippen LogP contribution in [0.25, 0.3) is 10.9 Å². The summed E-state index contributed by atoms with van der Waals surface area (Å²) >= 11 is 0. The summed E-state index contributed by atoms with van der Waals surface area (Å²) in [5.41, 5.74) is 7.30. The van der Waals surface area contributed by atoms with Gasteiger partial charge >= 0.3 is 0 Å². The van der Waals surface area contributed by atoms with Gasteiger partial charge in [-0.15, -0.1) is 0 Å². The molecule has 0 spiro atoms. The number of aromatic amines is 1. The van der Waals surface area contributed by atoms with Crippen LogP contribution in [0.4, 0.5) is 4.39 Å². The third-order valence-electron chi connectivity index (χ3n) is 4.13. The lowest BCUT2D eigenvalue weighted by molar-refractivity contribution is -0.0642. The molecule has 1 amide bonds. The maximum Gasteiger partial charge on any atom is 0.268 e. The van der Waals surface area contributed by atoms with Crippen molar-refractivity contribution in [1.29, 1.82) is 0 Å². The molecule has 0 unspecified atom stereocenters. The van der Waals surface area contributed by atoms with Crippen molar-refractivity contribution >= 4 is 16.8 Å². The molecule has 5 nitrogen and oxygen atoms in total. The molecule has 1 saturated heterocycles. The maximum atomic E-state index is 14.2. The molecule has 0 radical (unpaired) electrons. The van der Waals surface area contributed by atoms with E-state index in [-0.39, 0.29) is 11.7 Å². The summed E-state index contributed by atoms with van der Waals surface area (Å²) in [5.74, 6) is -0.612. The monoisotopic (exact) mass is 291 g/mol. The molecule has 0 bridgehead atoms. The summed E-state index contributed by atoms with van der Waals surface area (Å²) in [5, 5.41) is 3.55. The molecule has 0 aliphatic carbocycles. The van der Waals surface area contributed by atoms with Gasteiger partial charge in [0.05, 0.1) is 24.3 Å². The number of halogens is 1. The molecule has 3 rings (SSSR count). The van der Waals surface area contributed by atoms with E-state index >= 15 is 0 Å². The number of nitrogens with two attached hydrogens (primary N) is 1. The number of aryl methyl sites for hydroxylation is 1. The van der Waals surface area contributed by atoms with E-state index in [1.165, 1.54) is 0 Å². The highest BCUT2D eigenvalue weighted by Gasteiger charge is 2.39. The fourth-order valence-corrected chi connectivity index (χ4v) is 2.49. The Kier molecular flexibility index (Phi) is 3.22. The first-order valence-corrected chi connectivity index (χ1v) is 6.84. The molecule has 1 aliphatic heterocycles. The smallest absolute Gasteiger partial charge is 0.268 e. The van der Waals surface area contributed by atoms with Crippen LogP contribution in [0, 0.1) is 19.7 Å². The molecular formula is C15H18FN3O2. The van der Waals surface area contributed by atoms with Gasteiger partial charge in [0.2, 0.25) is 0 Å². The van der Waals surface area contributed by atoms with Crippen LogP contribution in [0.1, 0.15) is 21.6 Å². The molecule has 0 saturated carbocycles. The van der Waals surface area contributed by atoms with Crippen molar-refractivity contribution in [2.75, 3.05) is 19.8 Å². The van der Waals surface area contributed by atoms with Gasteiger partial charge in [-0.25, -0.2) is 4.39 Å². The van der Waals surface area contributed by atoms with Crippen LogP contribution in [0.3, 0.4) is 0 Å². The van der Waals surface area contributed by atoms with Gasteiger partial charge in [-0.2, -0.15) is 0 Å². The summed E-state index contributed by atoms with van der Waals surface area (Å²) < 4.78 is 19.3. The second-order valence-corrected chi connectivity index (χ2v) is 5.71. The highest BCUT2D eigenvalue weighted by atomic mass is 19.1. The first kappa shape index (κ1) is 14.0. The number of aromatic nitrogens is 1. The van der Waals surface area contributed by atoms with Crippen LogP contribution in [0.5, 0.6) is 0 Å². The standard InChI is InChI=1S/C15H18FN3O2/c1-8-3-10-4-11(18-13(10)12(16)9(8)2)14(20)19-15(5-17)6-21-7-15/h3-4,18H,5-7,17H2,1-2H3,(H,19,20). The van der Waals surface area contributed by atoms with Gasteiger partial charge in [0, 0.05) is 11.9 Å². The number of hydrogen-bond acceptors (Lipinski definition) is 3. The van der Waals surface area contributed by atoms with E-state index in [0.717, 1.165) is 5.56 Å². The van der Waals surface area contributed by atoms with Crippen LogP contribution < -0.4 is 11.1 Å². The average Bonchev–Trinajstić information content (AvgIpc) is 2.84. The third-order valence-corrected chi connectivity index (χ3v) is 4.13. The summed E-state index contributed by atoms with van der Waals surface area (Å²) in [4.78, 5) is 15.1. The molecule has 21 heavy (non-hydrogen) atoms. The molecule has 1 aromatic carbocycles. The molecule has 6 heteroatoms. The number of rotatable bonds is 3. The number of hydrogen-bond donors (Lipinski definition) is 3. The van der Waals surface area contributed by atoms with E-state index in [1.54, 1.807) is 13.0 Å². The topological polar surface area (TPSA) is 80.1 Å². The van der Waals surface area contributed by atoms with Gasteiger partial charge < -0.3 is 20.8 Å². The van der Waals surface area contributed by atoms with Crippen molar-refractivity contribution in [3.63, 3.8) is 0 Å². The number of fused-ring (bicyclic) bond motifs is 1. The van der Waals surface area contributed by atoms with Crippen molar-refractivity contribution in [3.05, 3.63) is 34.8 Å². The Morgan fingerprint density at radius 2 is 2.19 bits per heavy atom. The minimum absolute atomic E-state index is 0.297. The summed E-state index contributed by atoms with van der Waals surface area (Å²) in [7, 11) is 0. The Balaban J connectivity index is 1.94. The molecule has 2 heterocycles. The van der Waals surface area contributed by atoms with Gasteiger partial charge in [0.1, 0.15) is 11.5 Å². The van der Waals surface area contributed by atoms with Crippen molar-refractivity contribution in [1.82, 2.24) is 10.3 Å². The van der Waals surface area contributed by atoms with Gasteiger partial charge in [-0.3, -0.25) is 4.79 Å². The Labute approximate surface area is 121 Å². The minimum atomic E-state index is -0.501. The predicted molar refractivity (Wildman–Crippen MR) is 77.8 cm³/mol. The van der Waals surface area contributed by atoms with E-state index < -0.39 is 5.54 Å². The molecule has 1 fully saturated rings. The molecule has 112 valence electrons. The number of H-pyrrole nitrogens is 1. The first-order valence-electron chi connectivity index (χ1n) is 6.84. The Hall–Kier alpha value is -1.92. The second-order valence-electron chi connectivity index (χ2n) is 5.71. The largest absolute Gasteiger partial charge is 0.376 e. The summed E-state index contributed by atoms with van der Waals surface area (Å²) in [6, 6.07) is 3.52. The average molecular weight is 291 g/mol. The lowest BCUT2D eigenvalue weighted by Gasteiger charge is -2.40. The lowest BCUT2D eigenvalue weighted by atomic mass is 9.97. The van der Waals surface area contributed by atoms with Crippen LogP contribution in [0.15, 0.2) is 12.1 Å². The molecule has 2 aromatic rings. The number of carbonyl (C=O) groups is 1. The van der Waals surface area contributed by atoms with E-state index in [0.29, 0.717) is 41.9 Å². The van der Waals surface area contributed by atoms with Crippen LogP contribution in [0.2, 0.25) is 0 Å². The van der Waals surface area contributed by atoms with Gasteiger partial charge in [0.25, 0.3) is 5.91 Å². The molecule has 0 atom stereocenters. The van der Waals surface area contributed by atoms with Gasteiger partial charge in [-0.05, 0) is 37.1 Å². The van der Waals surface area contributed by atoms with Crippen molar-refractivity contribution in [2.24, 2.45) is 5.73 Å². The fourth-order valence-electron chi connectivity index (χ4n) is 2.49. The number of carbonyl (C=O) groups excluding carboxylic acids is 1. The molecule has 1 aliphatic rings. The predicted octanol–water partition coefficient (Wildman–Crippen LogP) is 1.38. The fraction of sp³-hybridized carbons (Fsp3) is 0.400. The molecule has 4 N–H and O–H groups in total. The maximum absolute atomic E-state index is 14.2. The van der Waals surface area contributed by atoms with Gasteiger partial charge in [0.15, 0.2) is 0 Å². The zero-order chi connectivity index (χ0) is 15.2. The van der Waals surface area contributed by atoms with E-state index in [9.17, 15) is 9.18 Å². The normalized spacial score (nSPS) is 16.8. The summed E-state index contributed by atoms with van der Waals surface area (Å²) in [6.45, 7) is 4.69. The van der Waals surface area contributed by atoms with Crippen molar-refractivity contribution < 1.29 is 13.9 Å². The minimum Gasteiger partial charge on any atom is -0.376 e. The Bertz CT molecular complexity index is 714. The number of benzene rings is 1. The Morgan fingerprint density at radius 3 is 2.76 bits per heavy atom. The number of nitrogens with one attached hydrogen (secondary N) is 2. The van der Waals surface area contributed by atoms with Gasteiger partial charge in [-0.1, -0.05) is 0 Å². The second kappa shape index (κ2) is 4.82. The molecular weight excluding hydrogens is 273 g/mol. The zero-order valence-electron chi connectivity index (χ0n) is 12.0. The van der Waals surface area contributed by atoms with E-state index in [1.807, 2.05) is 13.0 Å². The number of amides is 1. The Morgan fingerprint density at radius 1 is 1.48 bits per heavy atom. The highest BCUT2D eigenvalue weighted by molar-refractivity contribution is 5.98. The highest BCUT2D eigenvalue weighted by Crippen LogP contribution is 2.25. The third kappa shape index (κ3) is 2.20. The number of ether oxygens (including phenoxy) is 1. The quantitative estimate of drug-likeness (QED) is 0.799. The first-order chi connectivity index (χ1) is 9.96. The molecule has 1 aromatic heterocycles. The van der Waals surface area contributed by atoms with Crippen LogP contribution in [-0.4, -0.2) is 36.2 Å². The van der Waals surface area contributed by atoms with Crippen molar-refractivity contribution in [2.45, 2.75) is 19.4 Å². The van der Waals surface area contributed by atoms with Crippen molar-refractivity contribution in [3.8, 4) is 0 Å². The van der Waals surface area contributed by atoms with Crippen LogP contribution >= 0.6 is 0 Å². The zero-order valence-corrected chi connectivity index (χ0v) is 12.0.